The fourth-order valence-electron chi connectivity index (χ4n) is 2.33. The maximum Gasteiger partial charge on any atom is 0.119 e. The van der Waals surface area contributed by atoms with Gasteiger partial charge in [-0.1, -0.05) is 12.2 Å². The molecule has 1 atom stereocenters. The average molecular weight is 293 g/mol. The molecule has 2 rings (SSSR count). The highest BCUT2D eigenvalue weighted by atomic mass is 32.1. The summed E-state index contributed by atoms with van der Waals surface area (Å²) in [5, 5.41) is 0. The predicted molar refractivity (Wildman–Crippen MR) is 86.4 cm³/mol. The van der Waals surface area contributed by atoms with E-state index in [4.69, 9.17) is 22.7 Å². The third-order valence-electron chi connectivity index (χ3n) is 3.86. The van der Waals surface area contributed by atoms with Gasteiger partial charge in [-0.05, 0) is 38.2 Å². The molecule has 110 valence electrons. The van der Waals surface area contributed by atoms with Gasteiger partial charge in [0.15, 0.2) is 0 Å². The highest BCUT2D eigenvalue weighted by Crippen LogP contribution is 2.12. The molecule has 5 heteroatoms. The number of hydrogen-bond donors (Lipinski definition) is 1. The lowest BCUT2D eigenvalue weighted by Crippen LogP contribution is -2.50. The van der Waals surface area contributed by atoms with Gasteiger partial charge in [-0.3, -0.25) is 4.90 Å². The molecule has 20 heavy (non-hydrogen) atoms. The topological polar surface area (TPSA) is 41.7 Å². The second-order valence-corrected chi connectivity index (χ2v) is 5.81. The van der Waals surface area contributed by atoms with Crippen LogP contribution in [0.3, 0.4) is 0 Å². The SMILES string of the molecule is CC1CN(CCOc2ccc(C(N)=S)cc2)CCN1C. The molecule has 0 saturated carbocycles. The minimum absolute atomic E-state index is 0.419. The molecule has 4 nitrogen and oxygen atoms in total. The molecule has 0 spiro atoms. The Bertz CT molecular complexity index is 449. The van der Waals surface area contributed by atoms with Crippen LogP contribution in [0.1, 0.15) is 12.5 Å². The van der Waals surface area contributed by atoms with Gasteiger partial charge in [-0.2, -0.15) is 0 Å². The van der Waals surface area contributed by atoms with Crippen molar-refractivity contribution < 1.29 is 4.74 Å². The summed E-state index contributed by atoms with van der Waals surface area (Å²) >= 11 is 4.93. The van der Waals surface area contributed by atoms with Crippen LogP contribution >= 0.6 is 12.2 Å². The molecular formula is C15H23N3OS. The van der Waals surface area contributed by atoms with Crippen molar-refractivity contribution in [1.29, 1.82) is 0 Å². The number of nitrogens with two attached hydrogens (primary N) is 1. The molecule has 0 amide bonds. The van der Waals surface area contributed by atoms with Crippen molar-refractivity contribution in [3.63, 3.8) is 0 Å². The van der Waals surface area contributed by atoms with Gasteiger partial charge in [0.05, 0.1) is 0 Å². The van der Waals surface area contributed by atoms with Crippen LogP contribution in [0.2, 0.25) is 0 Å². The second kappa shape index (κ2) is 7.02. The molecule has 1 aliphatic heterocycles. The molecule has 1 aliphatic rings. The van der Waals surface area contributed by atoms with E-state index >= 15 is 0 Å². The average Bonchev–Trinajstić information content (AvgIpc) is 2.43. The van der Waals surface area contributed by atoms with Crippen LogP contribution in [0, 0.1) is 0 Å². The van der Waals surface area contributed by atoms with Gasteiger partial charge < -0.3 is 15.4 Å². The Balaban J connectivity index is 1.74. The van der Waals surface area contributed by atoms with Gasteiger partial charge in [0.1, 0.15) is 17.3 Å². The zero-order valence-corrected chi connectivity index (χ0v) is 13.0. The van der Waals surface area contributed by atoms with Crippen molar-refractivity contribution >= 4 is 17.2 Å². The van der Waals surface area contributed by atoms with Crippen LogP contribution in [-0.2, 0) is 0 Å². The maximum atomic E-state index is 5.77. The highest BCUT2D eigenvalue weighted by Gasteiger charge is 2.19. The molecule has 0 radical (unpaired) electrons. The van der Waals surface area contributed by atoms with Crippen LogP contribution in [-0.4, -0.2) is 60.7 Å². The number of ether oxygens (including phenoxy) is 1. The number of likely N-dealkylation sites (N-methyl/N-ethyl adjacent to an activating group) is 1. The zero-order chi connectivity index (χ0) is 14.5. The van der Waals surface area contributed by atoms with E-state index in [9.17, 15) is 0 Å². The molecule has 0 aliphatic carbocycles. The molecule has 0 bridgehead atoms. The third-order valence-corrected chi connectivity index (χ3v) is 4.09. The number of nitrogens with zero attached hydrogens (tertiary/aromatic N) is 2. The fraction of sp³-hybridized carbons (Fsp3) is 0.533. The van der Waals surface area contributed by atoms with Crippen molar-refractivity contribution in [2.75, 3.05) is 39.8 Å². The maximum absolute atomic E-state index is 5.77. The van der Waals surface area contributed by atoms with Crippen LogP contribution in [0.15, 0.2) is 24.3 Å². The van der Waals surface area contributed by atoms with Gasteiger partial charge >= 0.3 is 0 Å². The van der Waals surface area contributed by atoms with Gasteiger partial charge in [-0.25, -0.2) is 0 Å². The van der Waals surface area contributed by atoms with Crippen molar-refractivity contribution in [3.05, 3.63) is 29.8 Å². The number of rotatable bonds is 5. The largest absolute Gasteiger partial charge is 0.492 e. The normalized spacial score (nSPS) is 20.8. The molecule has 1 aromatic rings. The Labute approximate surface area is 126 Å². The van der Waals surface area contributed by atoms with Crippen molar-refractivity contribution in [3.8, 4) is 5.75 Å². The molecule has 2 N–H and O–H groups in total. The van der Waals surface area contributed by atoms with Crippen LogP contribution in [0.25, 0.3) is 0 Å². The molecule has 0 aromatic heterocycles. The van der Waals surface area contributed by atoms with Gasteiger partial charge in [-0.15, -0.1) is 0 Å². The first kappa shape index (κ1) is 15.2. The van der Waals surface area contributed by atoms with Crippen LogP contribution in [0.4, 0.5) is 0 Å². The summed E-state index contributed by atoms with van der Waals surface area (Å²) in [5.74, 6) is 0.868. The van der Waals surface area contributed by atoms with Crippen molar-refractivity contribution in [2.45, 2.75) is 13.0 Å². The minimum atomic E-state index is 0.419. The third kappa shape index (κ3) is 4.16. The minimum Gasteiger partial charge on any atom is -0.492 e. The van der Waals surface area contributed by atoms with Crippen LogP contribution < -0.4 is 10.5 Å². The van der Waals surface area contributed by atoms with E-state index in [-0.39, 0.29) is 0 Å². The molecule has 1 unspecified atom stereocenters. The molecular weight excluding hydrogens is 270 g/mol. The lowest BCUT2D eigenvalue weighted by Gasteiger charge is -2.37. The molecule has 1 saturated heterocycles. The summed E-state index contributed by atoms with van der Waals surface area (Å²) in [6.45, 7) is 7.30. The van der Waals surface area contributed by atoms with E-state index in [2.05, 4.69) is 23.8 Å². The van der Waals surface area contributed by atoms with E-state index < -0.39 is 0 Å². The quantitative estimate of drug-likeness (QED) is 0.830. The van der Waals surface area contributed by atoms with Gasteiger partial charge in [0.2, 0.25) is 0 Å². The predicted octanol–water partition coefficient (Wildman–Crippen LogP) is 1.34. The summed E-state index contributed by atoms with van der Waals surface area (Å²) in [5.41, 5.74) is 6.44. The Morgan fingerprint density at radius 2 is 2.05 bits per heavy atom. The first-order valence-electron chi connectivity index (χ1n) is 7.01. The zero-order valence-electron chi connectivity index (χ0n) is 12.2. The summed E-state index contributed by atoms with van der Waals surface area (Å²) in [6, 6.07) is 8.25. The summed E-state index contributed by atoms with van der Waals surface area (Å²) in [7, 11) is 2.18. The molecule has 1 fully saturated rings. The van der Waals surface area contributed by atoms with Crippen LogP contribution in [0.5, 0.6) is 5.75 Å². The summed E-state index contributed by atoms with van der Waals surface area (Å²) in [6.07, 6.45) is 0. The summed E-state index contributed by atoms with van der Waals surface area (Å²) < 4.78 is 5.77. The second-order valence-electron chi connectivity index (χ2n) is 5.37. The van der Waals surface area contributed by atoms with Gasteiger partial charge in [0.25, 0.3) is 0 Å². The van der Waals surface area contributed by atoms with E-state index in [1.54, 1.807) is 0 Å². The Hall–Kier alpha value is -1.17. The number of hydrogen-bond acceptors (Lipinski definition) is 4. The lowest BCUT2D eigenvalue weighted by atomic mass is 10.2. The lowest BCUT2D eigenvalue weighted by molar-refractivity contribution is 0.0928. The van der Waals surface area contributed by atoms with Gasteiger partial charge in [0, 0.05) is 37.8 Å². The van der Waals surface area contributed by atoms with Crippen molar-refractivity contribution in [1.82, 2.24) is 9.80 Å². The Morgan fingerprint density at radius 1 is 1.35 bits per heavy atom. The first-order valence-corrected chi connectivity index (χ1v) is 7.42. The Kier molecular flexibility index (Phi) is 5.34. The smallest absolute Gasteiger partial charge is 0.119 e. The van der Waals surface area contributed by atoms with E-state index in [0.29, 0.717) is 17.6 Å². The highest BCUT2D eigenvalue weighted by molar-refractivity contribution is 7.80. The van der Waals surface area contributed by atoms with Crippen molar-refractivity contribution in [2.24, 2.45) is 5.73 Å². The number of piperazine rings is 1. The van der Waals surface area contributed by atoms with E-state index in [1.807, 2.05) is 24.3 Å². The molecule has 1 heterocycles. The van der Waals surface area contributed by atoms with E-state index in [0.717, 1.165) is 37.5 Å². The monoisotopic (exact) mass is 293 g/mol. The first-order chi connectivity index (χ1) is 9.56. The molecule has 1 aromatic carbocycles. The Morgan fingerprint density at radius 3 is 2.65 bits per heavy atom. The number of thiocarbonyl (C=S) groups is 1. The number of benzene rings is 1. The summed E-state index contributed by atoms with van der Waals surface area (Å²) in [4.78, 5) is 5.27. The standard InChI is InChI=1S/C15H23N3OS/c1-12-11-18(8-7-17(12)2)9-10-19-14-5-3-13(4-6-14)15(16)20/h3-6,12H,7-11H2,1-2H3,(H2,16,20). The fourth-order valence-corrected chi connectivity index (χ4v) is 2.47. The van der Waals surface area contributed by atoms with E-state index in [1.165, 1.54) is 0 Å².